The molecule has 1 aromatic heterocycles. The van der Waals surface area contributed by atoms with Gasteiger partial charge in [0.05, 0.1) is 5.02 Å². The molecule has 0 aromatic carbocycles. The lowest BCUT2D eigenvalue weighted by Gasteiger charge is -2.22. The van der Waals surface area contributed by atoms with E-state index in [0.717, 1.165) is 0 Å². The minimum atomic E-state index is -0.771. The molecule has 1 aromatic rings. The summed E-state index contributed by atoms with van der Waals surface area (Å²) in [4.78, 5) is 26.1. The zero-order chi connectivity index (χ0) is 14.8. The summed E-state index contributed by atoms with van der Waals surface area (Å²) >= 11 is 11.4. The molecule has 1 rings (SSSR count). The lowest BCUT2D eigenvalue weighted by Crippen LogP contribution is -2.42. The number of esters is 1. The van der Waals surface area contributed by atoms with E-state index in [1.807, 2.05) is 0 Å². The van der Waals surface area contributed by atoms with Crippen molar-refractivity contribution in [1.29, 1.82) is 0 Å². The maximum absolute atomic E-state index is 11.8. The fraction of sp³-hybridized carbons (Fsp3) is 0.500. The molecule has 0 aliphatic rings. The molecule has 0 unspecified atom stereocenters. The van der Waals surface area contributed by atoms with Crippen LogP contribution in [0, 0.1) is 0 Å². The second kappa shape index (κ2) is 5.84. The number of aromatic amines is 1. The summed E-state index contributed by atoms with van der Waals surface area (Å²) in [7, 11) is 0. The third-order valence-electron chi connectivity index (χ3n) is 2.08. The number of aromatic nitrogens is 1. The number of carbonyl (C=O) groups is 2. The van der Waals surface area contributed by atoms with Crippen LogP contribution in [0.3, 0.4) is 0 Å². The number of carbonyl (C=O) groups excluding carboxylic acids is 2. The maximum Gasteiger partial charge on any atom is 0.328 e. The van der Waals surface area contributed by atoms with E-state index in [4.69, 9.17) is 27.9 Å². The number of H-pyrrole nitrogens is 1. The smallest absolute Gasteiger partial charge is 0.328 e. The molecular weight excluding hydrogens is 291 g/mol. The van der Waals surface area contributed by atoms with E-state index in [2.05, 4.69) is 10.3 Å². The van der Waals surface area contributed by atoms with Crippen molar-refractivity contribution in [2.45, 2.75) is 39.3 Å². The second-order valence-electron chi connectivity index (χ2n) is 5.07. The Hall–Kier alpha value is -1.20. The Labute approximate surface area is 121 Å². The monoisotopic (exact) mass is 306 g/mol. The molecule has 0 saturated heterocycles. The summed E-state index contributed by atoms with van der Waals surface area (Å²) in [5.41, 5.74) is -0.417. The first-order valence-electron chi connectivity index (χ1n) is 5.68. The molecule has 0 fully saturated rings. The Morgan fingerprint density at radius 3 is 2.37 bits per heavy atom. The van der Waals surface area contributed by atoms with Crippen molar-refractivity contribution in [3.05, 3.63) is 21.9 Å². The molecule has 0 saturated carbocycles. The van der Waals surface area contributed by atoms with Crippen LogP contribution in [0.15, 0.2) is 6.07 Å². The van der Waals surface area contributed by atoms with Gasteiger partial charge in [0, 0.05) is 0 Å². The number of hydrogen-bond donors (Lipinski definition) is 2. The van der Waals surface area contributed by atoms with Gasteiger partial charge in [-0.15, -0.1) is 0 Å². The minimum absolute atomic E-state index is 0.178. The summed E-state index contributed by atoms with van der Waals surface area (Å²) in [6.45, 7) is 6.80. The summed E-state index contributed by atoms with van der Waals surface area (Å²) in [5.74, 6) is -0.989. The van der Waals surface area contributed by atoms with Crippen LogP contribution in [0.25, 0.3) is 0 Å². The molecule has 7 heteroatoms. The average Bonchev–Trinajstić information content (AvgIpc) is 2.56. The third-order valence-corrected chi connectivity index (χ3v) is 2.77. The number of rotatable bonds is 3. The van der Waals surface area contributed by atoms with Gasteiger partial charge in [0.1, 0.15) is 22.5 Å². The lowest BCUT2D eigenvalue weighted by atomic mass is 10.2. The zero-order valence-electron chi connectivity index (χ0n) is 11.1. The Morgan fingerprint density at radius 2 is 1.95 bits per heavy atom. The van der Waals surface area contributed by atoms with Gasteiger partial charge in [-0.1, -0.05) is 23.2 Å². The predicted octanol–water partition coefficient (Wildman–Crippen LogP) is 2.78. The standard InChI is InChI=1S/C12H16Cl2N2O3/c1-6(11(18)19-12(2,3)4)15-10(17)8-5-7(13)9(14)16-8/h5-6,16H,1-4H3,(H,15,17)/t6-/m1/s1. The van der Waals surface area contributed by atoms with Gasteiger partial charge in [-0.05, 0) is 33.8 Å². The van der Waals surface area contributed by atoms with Crippen molar-refractivity contribution in [3.8, 4) is 0 Å². The normalized spacial score (nSPS) is 12.9. The van der Waals surface area contributed by atoms with E-state index in [0.29, 0.717) is 0 Å². The molecule has 19 heavy (non-hydrogen) atoms. The van der Waals surface area contributed by atoms with Crippen molar-refractivity contribution in [3.63, 3.8) is 0 Å². The molecule has 0 spiro atoms. The fourth-order valence-corrected chi connectivity index (χ4v) is 1.56. The van der Waals surface area contributed by atoms with Crippen LogP contribution in [0.5, 0.6) is 0 Å². The molecule has 106 valence electrons. The lowest BCUT2D eigenvalue weighted by molar-refractivity contribution is -0.156. The van der Waals surface area contributed by atoms with Gasteiger partial charge in [-0.25, -0.2) is 4.79 Å². The first kappa shape index (κ1) is 15.9. The minimum Gasteiger partial charge on any atom is -0.458 e. The van der Waals surface area contributed by atoms with Crippen molar-refractivity contribution >= 4 is 35.1 Å². The number of hydrogen-bond acceptors (Lipinski definition) is 3. The van der Waals surface area contributed by atoms with Crippen molar-refractivity contribution in [1.82, 2.24) is 10.3 Å². The number of nitrogens with one attached hydrogen (secondary N) is 2. The Balaban J connectivity index is 2.64. The van der Waals surface area contributed by atoms with E-state index >= 15 is 0 Å². The molecule has 5 nitrogen and oxygen atoms in total. The fourth-order valence-electron chi connectivity index (χ4n) is 1.25. The third kappa shape index (κ3) is 4.76. The highest BCUT2D eigenvalue weighted by Crippen LogP contribution is 2.21. The molecule has 2 N–H and O–H groups in total. The Morgan fingerprint density at radius 1 is 1.37 bits per heavy atom. The molecule has 0 bridgehead atoms. The van der Waals surface area contributed by atoms with Gasteiger partial charge in [-0.2, -0.15) is 0 Å². The molecule has 1 amide bonds. The van der Waals surface area contributed by atoms with Crippen LogP contribution < -0.4 is 5.32 Å². The largest absolute Gasteiger partial charge is 0.458 e. The van der Waals surface area contributed by atoms with Gasteiger partial charge in [0.15, 0.2) is 0 Å². The molecule has 1 heterocycles. The number of amides is 1. The van der Waals surface area contributed by atoms with Crippen LogP contribution in [0.4, 0.5) is 0 Å². The van der Waals surface area contributed by atoms with E-state index in [1.165, 1.54) is 13.0 Å². The van der Waals surface area contributed by atoms with Crippen LogP contribution in [-0.4, -0.2) is 28.5 Å². The SMILES string of the molecule is C[C@@H](NC(=O)c1cc(Cl)c(Cl)[nH]1)C(=O)OC(C)(C)C. The van der Waals surface area contributed by atoms with E-state index < -0.39 is 23.5 Å². The Bertz CT molecular complexity index is 472. The highest BCUT2D eigenvalue weighted by molar-refractivity contribution is 6.41. The first-order chi connectivity index (χ1) is 8.60. The average molecular weight is 307 g/mol. The summed E-state index contributed by atoms with van der Waals surface area (Å²) < 4.78 is 5.15. The number of halogens is 2. The van der Waals surface area contributed by atoms with Gasteiger partial charge in [-0.3, -0.25) is 4.79 Å². The van der Waals surface area contributed by atoms with Crippen LogP contribution in [0.2, 0.25) is 10.2 Å². The van der Waals surface area contributed by atoms with Gasteiger partial charge >= 0.3 is 5.97 Å². The molecule has 0 radical (unpaired) electrons. The summed E-state index contributed by atoms with van der Waals surface area (Å²) in [5, 5.41) is 2.92. The van der Waals surface area contributed by atoms with E-state index in [-0.39, 0.29) is 15.9 Å². The molecule has 0 aliphatic carbocycles. The van der Waals surface area contributed by atoms with Gasteiger partial charge in [0.25, 0.3) is 5.91 Å². The summed E-state index contributed by atoms with van der Waals surface area (Å²) in [6.07, 6.45) is 0. The highest BCUT2D eigenvalue weighted by Gasteiger charge is 2.24. The molecule has 0 aliphatic heterocycles. The highest BCUT2D eigenvalue weighted by atomic mass is 35.5. The predicted molar refractivity (Wildman–Crippen MR) is 73.6 cm³/mol. The summed E-state index contributed by atoms with van der Waals surface area (Å²) in [6, 6.07) is 0.619. The maximum atomic E-state index is 11.8. The number of ether oxygens (including phenoxy) is 1. The van der Waals surface area contributed by atoms with Crippen molar-refractivity contribution in [2.75, 3.05) is 0 Å². The van der Waals surface area contributed by atoms with Crippen molar-refractivity contribution in [2.24, 2.45) is 0 Å². The Kier molecular flexibility index (Phi) is 4.87. The van der Waals surface area contributed by atoms with Gasteiger partial charge < -0.3 is 15.0 Å². The molecule has 1 atom stereocenters. The molecular formula is C12H16Cl2N2O3. The zero-order valence-corrected chi connectivity index (χ0v) is 12.6. The van der Waals surface area contributed by atoms with E-state index in [1.54, 1.807) is 20.8 Å². The van der Waals surface area contributed by atoms with Crippen LogP contribution >= 0.6 is 23.2 Å². The first-order valence-corrected chi connectivity index (χ1v) is 6.43. The quantitative estimate of drug-likeness (QED) is 0.844. The van der Waals surface area contributed by atoms with Crippen LogP contribution in [0.1, 0.15) is 38.2 Å². The van der Waals surface area contributed by atoms with Gasteiger partial charge in [0.2, 0.25) is 0 Å². The van der Waals surface area contributed by atoms with Crippen LogP contribution in [-0.2, 0) is 9.53 Å². The van der Waals surface area contributed by atoms with E-state index in [9.17, 15) is 9.59 Å². The second-order valence-corrected chi connectivity index (χ2v) is 5.86. The van der Waals surface area contributed by atoms with Crippen molar-refractivity contribution < 1.29 is 14.3 Å². The topological polar surface area (TPSA) is 71.2 Å².